The number of likely N-dealkylation sites (tertiary alicyclic amines) is 1. The summed E-state index contributed by atoms with van der Waals surface area (Å²) < 4.78 is 9.49. The number of pyridine rings is 1. The maximum Gasteiger partial charge on any atom is 0.340 e. The molecule has 4 heterocycles. The monoisotopic (exact) mass is 459 g/mol. The molecule has 4 aromatic rings. The summed E-state index contributed by atoms with van der Waals surface area (Å²) in [6.07, 6.45) is 11.0. The predicted octanol–water partition coefficient (Wildman–Crippen LogP) is 3.96. The highest BCUT2D eigenvalue weighted by atomic mass is 16.5. The fraction of sp³-hybridized carbons (Fsp3) is 0.346. The van der Waals surface area contributed by atoms with Crippen LogP contribution in [0.2, 0.25) is 0 Å². The summed E-state index contributed by atoms with van der Waals surface area (Å²) in [6.45, 7) is 5.15. The molecule has 5 rings (SSSR count). The average Bonchev–Trinajstić information content (AvgIpc) is 3.59. The number of phenolic OH excluding ortho intramolecular Hbond substituents is 1. The van der Waals surface area contributed by atoms with Crippen LogP contribution >= 0.6 is 0 Å². The fourth-order valence-electron chi connectivity index (χ4n) is 4.93. The van der Waals surface area contributed by atoms with Gasteiger partial charge in [0, 0.05) is 66.2 Å². The van der Waals surface area contributed by atoms with Crippen LogP contribution < -0.4 is 0 Å². The molecule has 1 aliphatic rings. The first-order chi connectivity index (χ1) is 16.6. The number of aryl methyl sites for hydroxylation is 1. The van der Waals surface area contributed by atoms with Crippen molar-refractivity contribution in [2.75, 3.05) is 19.7 Å². The second-order valence-corrected chi connectivity index (χ2v) is 8.71. The molecule has 3 aromatic heterocycles. The van der Waals surface area contributed by atoms with Gasteiger partial charge in [-0.15, -0.1) is 0 Å². The Bertz CT molecular complexity index is 1310. The number of phenols is 1. The smallest absolute Gasteiger partial charge is 0.340 e. The second kappa shape index (κ2) is 9.30. The van der Waals surface area contributed by atoms with E-state index in [0.717, 1.165) is 48.1 Å². The van der Waals surface area contributed by atoms with Gasteiger partial charge in [-0.05, 0) is 45.0 Å². The van der Waals surface area contributed by atoms with E-state index in [4.69, 9.17) is 4.74 Å². The highest BCUT2D eigenvalue weighted by Crippen LogP contribution is 2.42. The van der Waals surface area contributed by atoms with Gasteiger partial charge in [0.05, 0.1) is 30.6 Å². The lowest BCUT2D eigenvalue weighted by molar-refractivity contribution is 0.0526. The number of hydrogen-bond donors (Lipinski definition) is 1. The molecule has 0 unspecified atom stereocenters. The van der Waals surface area contributed by atoms with Crippen LogP contribution in [-0.2, 0) is 24.9 Å². The number of carbonyl (C=O) groups is 1. The molecule has 1 N–H and O–H groups in total. The molecule has 0 radical (unpaired) electrons. The van der Waals surface area contributed by atoms with Gasteiger partial charge in [-0.3, -0.25) is 9.88 Å². The molecule has 0 atom stereocenters. The molecule has 0 aliphatic carbocycles. The van der Waals surface area contributed by atoms with Gasteiger partial charge in [-0.2, -0.15) is 0 Å². The molecule has 8 heteroatoms. The summed E-state index contributed by atoms with van der Waals surface area (Å²) in [5.41, 5.74) is 4.48. The summed E-state index contributed by atoms with van der Waals surface area (Å²) in [5, 5.41) is 12.3. The zero-order valence-electron chi connectivity index (χ0n) is 19.6. The lowest BCUT2D eigenvalue weighted by Crippen LogP contribution is -2.22. The quantitative estimate of drug-likeness (QED) is 0.421. The number of ether oxygens (including phenoxy) is 1. The summed E-state index contributed by atoms with van der Waals surface area (Å²) in [4.78, 5) is 24.1. The number of benzene rings is 1. The number of esters is 1. The minimum atomic E-state index is -0.359. The van der Waals surface area contributed by atoms with E-state index in [1.165, 1.54) is 0 Å². The molecular weight excluding hydrogens is 430 g/mol. The van der Waals surface area contributed by atoms with Crippen LogP contribution in [0, 0.1) is 0 Å². The Hall–Kier alpha value is -3.65. The summed E-state index contributed by atoms with van der Waals surface area (Å²) in [6, 6.07) is 5.73. The van der Waals surface area contributed by atoms with Crippen LogP contribution in [0.1, 0.15) is 41.4 Å². The topological polar surface area (TPSA) is 85.4 Å². The van der Waals surface area contributed by atoms with Crippen molar-refractivity contribution in [3.05, 3.63) is 66.1 Å². The van der Waals surface area contributed by atoms with Crippen molar-refractivity contribution in [2.24, 2.45) is 7.05 Å². The Morgan fingerprint density at radius 1 is 1.18 bits per heavy atom. The standard InChI is InChI=1S/C26H29N5O3/c1-3-34-26(33)24-22(16-30-10-4-5-11-30)29(2)21-13-19(18-7-6-8-27-14-18)25(32)20(23(21)24)15-31-12-9-28-17-31/h6-9,12-14,17,32H,3-5,10-11,15-16H2,1-2H3. The van der Waals surface area contributed by atoms with Crippen LogP contribution in [0.3, 0.4) is 0 Å². The van der Waals surface area contributed by atoms with Crippen LogP contribution in [-0.4, -0.2) is 54.8 Å². The summed E-state index contributed by atoms with van der Waals surface area (Å²) >= 11 is 0. The van der Waals surface area contributed by atoms with Gasteiger partial charge in [-0.1, -0.05) is 6.07 Å². The Morgan fingerprint density at radius 2 is 2.00 bits per heavy atom. The van der Waals surface area contributed by atoms with Gasteiger partial charge in [0.15, 0.2) is 0 Å². The Balaban J connectivity index is 1.80. The highest BCUT2D eigenvalue weighted by Gasteiger charge is 2.29. The lowest BCUT2D eigenvalue weighted by atomic mass is 9.96. The van der Waals surface area contributed by atoms with Gasteiger partial charge in [0.2, 0.25) is 0 Å². The summed E-state index contributed by atoms with van der Waals surface area (Å²) in [7, 11) is 1.99. The first-order valence-corrected chi connectivity index (χ1v) is 11.7. The van der Waals surface area contributed by atoms with E-state index in [1.807, 2.05) is 42.9 Å². The molecule has 1 fully saturated rings. The van der Waals surface area contributed by atoms with Crippen LogP contribution in [0.25, 0.3) is 22.0 Å². The summed E-state index contributed by atoms with van der Waals surface area (Å²) in [5.74, 6) is -0.222. The third-order valence-corrected chi connectivity index (χ3v) is 6.61. The molecular formula is C26H29N5O3. The first kappa shape index (κ1) is 22.2. The van der Waals surface area contributed by atoms with Gasteiger partial charge < -0.3 is 19.0 Å². The molecule has 1 saturated heterocycles. The number of aromatic nitrogens is 4. The number of aromatic hydroxyl groups is 1. The van der Waals surface area contributed by atoms with E-state index in [9.17, 15) is 9.90 Å². The largest absolute Gasteiger partial charge is 0.507 e. The minimum absolute atomic E-state index is 0.137. The molecule has 34 heavy (non-hydrogen) atoms. The van der Waals surface area contributed by atoms with Crippen molar-refractivity contribution in [2.45, 2.75) is 32.9 Å². The number of imidazole rings is 1. The third kappa shape index (κ3) is 3.94. The van der Waals surface area contributed by atoms with E-state index in [-0.39, 0.29) is 18.3 Å². The Labute approximate surface area is 198 Å². The zero-order valence-corrected chi connectivity index (χ0v) is 19.6. The second-order valence-electron chi connectivity index (χ2n) is 8.71. The number of rotatable bonds is 7. The maximum atomic E-state index is 13.3. The molecule has 1 aromatic carbocycles. The molecule has 0 amide bonds. The Kier molecular flexibility index (Phi) is 6.06. The minimum Gasteiger partial charge on any atom is -0.507 e. The third-order valence-electron chi connectivity index (χ3n) is 6.61. The predicted molar refractivity (Wildman–Crippen MR) is 130 cm³/mol. The lowest BCUT2D eigenvalue weighted by Gasteiger charge is -2.16. The van der Waals surface area contributed by atoms with E-state index in [0.29, 0.717) is 29.8 Å². The van der Waals surface area contributed by atoms with Crippen molar-refractivity contribution in [3.8, 4) is 16.9 Å². The number of hydrogen-bond acceptors (Lipinski definition) is 6. The van der Waals surface area contributed by atoms with Crippen molar-refractivity contribution in [1.29, 1.82) is 0 Å². The van der Waals surface area contributed by atoms with E-state index in [2.05, 4.69) is 19.4 Å². The Morgan fingerprint density at radius 3 is 2.68 bits per heavy atom. The number of fused-ring (bicyclic) bond motifs is 1. The van der Waals surface area contributed by atoms with Gasteiger partial charge in [0.25, 0.3) is 0 Å². The fourth-order valence-corrected chi connectivity index (χ4v) is 4.93. The first-order valence-electron chi connectivity index (χ1n) is 11.7. The molecule has 1 aliphatic heterocycles. The molecule has 176 valence electrons. The van der Waals surface area contributed by atoms with Crippen molar-refractivity contribution < 1.29 is 14.6 Å². The number of nitrogens with zero attached hydrogens (tertiary/aromatic N) is 5. The van der Waals surface area contributed by atoms with Crippen LogP contribution in [0.5, 0.6) is 5.75 Å². The van der Waals surface area contributed by atoms with E-state index in [1.54, 1.807) is 24.9 Å². The molecule has 0 saturated carbocycles. The van der Waals surface area contributed by atoms with Crippen molar-refractivity contribution in [1.82, 2.24) is 24.0 Å². The molecule has 0 spiro atoms. The highest BCUT2D eigenvalue weighted by molar-refractivity contribution is 6.09. The number of carbonyl (C=O) groups excluding carboxylic acids is 1. The maximum absolute atomic E-state index is 13.3. The van der Waals surface area contributed by atoms with E-state index < -0.39 is 0 Å². The molecule has 8 nitrogen and oxygen atoms in total. The van der Waals surface area contributed by atoms with Crippen LogP contribution in [0.4, 0.5) is 0 Å². The SMILES string of the molecule is CCOC(=O)c1c(CN2CCCC2)n(C)c2cc(-c3cccnc3)c(O)c(Cn3ccnc3)c12. The average molecular weight is 460 g/mol. The van der Waals surface area contributed by atoms with Gasteiger partial charge in [0.1, 0.15) is 5.75 Å². The van der Waals surface area contributed by atoms with Crippen molar-refractivity contribution in [3.63, 3.8) is 0 Å². The van der Waals surface area contributed by atoms with E-state index >= 15 is 0 Å². The molecule has 0 bridgehead atoms. The zero-order chi connectivity index (χ0) is 23.7. The van der Waals surface area contributed by atoms with Gasteiger partial charge >= 0.3 is 5.97 Å². The van der Waals surface area contributed by atoms with Crippen molar-refractivity contribution >= 4 is 16.9 Å². The van der Waals surface area contributed by atoms with Crippen LogP contribution in [0.15, 0.2) is 49.3 Å². The van der Waals surface area contributed by atoms with Gasteiger partial charge in [-0.25, -0.2) is 9.78 Å². The normalized spacial score (nSPS) is 14.2.